The summed E-state index contributed by atoms with van der Waals surface area (Å²) < 4.78 is 5.11. The van der Waals surface area contributed by atoms with Crippen LogP contribution in [0.2, 0.25) is 0 Å². The zero-order valence-corrected chi connectivity index (χ0v) is 11.6. The molecule has 0 aromatic heterocycles. The molecule has 1 amide bonds. The molecule has 1 aliphatic carbocycles. The Morgan fingerprint density at radius 3 is 2.59 bits per heavy atom. The van der Waals surface area contributed by atoms with Gasteiger partial charge in [-0.2, -0.15) is 0 Å². The lowest BCUT2D eigenvalue weighted by Gasteiger charge is -2.42. The van der Waals surface area contributed by atoms with E-state index in [1.54, 1.807) is 7.11 Å². The predicted octanol–water partition coefficient (Wildman–Crippen LogP) is 1.47. The fourth-order valence-corrected chi connectivity index (χ4v) is 2.16. The zero-order chi connectivity index (χ0) is 12.0. The van der Waals surface area contributed by atoms with Gasteiger partial charge in [-0.3, -0.25) is 4.79 Å². The van der Waals surface area contributed by atoms with Crippen LogP contribution in [0.3, 0.4) is 0 Å². The lowest BCUT2D eigenvalue weighted by Crippen LogP contribution is -2.43. The Morgan fingerprint density at radius 1 is 1.53 bits per heavy atom. The number of nitrogens with one attached hydrogen (secondary N) is 1. The van der Waals surface area contributed by atoms with Crippen LogP contribution in [0, 0.1) is 5.41 Å². The van der Waals surface area contributed by atoms with E-state index in [0.29, 0.717) is 11.8 Å². The molecule has 102 valence electrons. The maximum Gasteiger partial charge on any atom is 0.221 e. The number of carbonyl (C=O) groups is 1. The number of nitrogens with two attached hydrogens (primary N) is 1. The molecule has 0 aliphatic heterocycles. The first-order valence-electron chi connectivity index (χ1n) is 6.09. The highest BCUT2D eigenvalue weighted by Gasteiger charge is 2.36. The third-order valence-corrected chi connectivity index (χ3v) is 3.42. The molecule has 0 spiro atoms. The molecule has 1 atom stereocenters. The van der Waals surface area contributed by atoms with Crippen LogP contribution in [0.1, 0.15) is 39.0 Å². The van der Waals surface area contributed by atoms with E-state index >= 15 is 0 Å². The van der Waals surface area contributed by atoms with Gasteiger partial charge in [0.1, 0.15) is 0 Å². The summed E-state index contributed by atoms with van der Waals surface area (Å²) in [5.41, 5.74) is 5.87. The Bertz CT molecular complexity index is 231. The highest BCUT2D eigenvalue weighted by atomic mass is 35.5. The Morgan fingerprint density at radius 2 is 2.18 bits per heavy atom. The standard InChI is InChI=1S/C12H24N2O2.ClH/c1-10(13)8-11(15)14-9-12(4-3-5-12)6-7-16-2;/h10H,3-9,13H2,1-2H3,(H,14,15);1H. The molecule has 3 N–H and O–H groups in total. The highest BCUT2D eigenvalue weighted by Crippen LogP contribution is 2.43. The summed E-state index contributed by atoms with van der Waals surface area (Å²) in [4.78, 5) is 11.5. The molecule has 0 saturated heterocycles. The SMILES string of the molecule is COCCC1(CNC(=O)CC(C)N)CCC1.Cl. The van der Waals surface area contributed by atoms with Crippen molar-refractivity contribution < 1.29 is 9.53 Å². The van der Waals surface area contributed by atoms with Gasteiger partial charge in [0.25, 0.3) is 0 Å². The van der Waals surface area contributed by atoms with Crippen molar-refractivity contribution in [1.82, 2.24) is 5.32 Å². The van der Waals surface area contributed by atoms with Crippen molar-refractivity contribution in [3.63, 3.8) is 0 Å². The predicted molar refractivity (Wildman–Crippen MR) is 71.3 cm³/mol. The van der Waals surface area contributed by atoms with Crippen molar-refractivity contribution in [2.45, 2.75) is 45.1 Å². The smallest absolute Gasteiger partial charge is 0.221 e. The van der Waals surface area contributed by atoms with E-state index in [2.05, 4.69) is 5.32 Å². The molecule has 0 radical (unpaired) electrons. The van der Waals surface area contributed by atoms with E-state index in [9.17, 15) is 4.79 Å². The minimum atomic E-state index is -0.0590. The van der Waals surface area contributed by atoms with E-state index in [1.807, 2.05) is 6.92 Å². The Kier molecular flexibility index (Phi) is 7.75. The van der Waals surface area contributed by atoms with E-state index in [-0.39, 0.29) is 24.4 Å². The van der Waals surface area contributed by atoms with Crippen molar-refractivity contribution in [3.8, 4) is 0 Å². The number of hydrogen-bond donors (Lipinski definition) is 2. The minimum Gasteiger partial charge on any atom is -0.385 e. The molecule has 0 bridgehead atoms. The largest absolute Gasteiger partial charge is 0.385 e. The first-order chi connectivity index (χ1) is 7.58. The molecule has 5 heteroatoms. The lowest BCUT2D eigenvalue weighted by molar-refractivity contribution is -0.122. The molecule has 17 heavy (non-hydrogen) atoms. The van der Waals surface area contributed by atoms with Gasteiger partial charge in [-0.15, -0.1) is 12.4 Å². The lowest BCUT2D eigenvalue weighted by atomic mass is 9.66. The minimum absolute atomic E-state index is 0. The van der Waals surface area contributed by atoms with Crippen LogP contribution in [-0.2, 0) is 9.53 Å². The van der Waals surface area contributed by atoms with Crippen LogP contribution < -0.4 is 11.1 Å². The van der Waals surface area contributed by atoms with Gasteiger partial charge in [0, 0.05) is 32.7 Å². The van der Waals surface area contributed by atoms with E-state index in [0.717, 1.165) is 19.6 Å². The number of amides is 1. The second-order valence-electron chi connectivity index (χ2n) is 5.05. The number of methoxy groups -OCH3 is 1. The van der Waals surface area contributed by atoms with Crippen LogP contribution in [0.5, 0.6) is 0 Å². The number of rotatable bonds is 7. The monoisotopic (exact) mass is 264 g/mol. The van der Waals surface area contributed by atoms with E-state index < -0.39 is 0 Å². The van der Waals surface area contributed by atoms with Gasteiger partial charge in [0.2, 0.25) is 5.91 Å². The van der Waals surface area contributed by atoms with Gasteiger partial charge in [-0.05, 0) is 31.6 Å². The molecule has 1 rings (SSSR count). The van der Waals surface area contributed by atoms with Gasteiger partial charge in [-0.25, -0.2) is 0 Å². The second-order valence-corrected chi connectivity index (χ2v) is 5.05. The fraction of sp³-hybridized carbons (Fsp3) is 0.917. The summed E-state index contributed by atoms with van der Waals surface area (Å²) in [5, 5.41) is 2.99. The molecule has 1 saturated carbocycles. The number of ether oxygens (including phenoxy) is 1. The van der Waals surface area contributed by atoms with Crippen molar-refractivity contribution >= 4 is 18.3 Å². The zero-order valence-electron chi connectivity index (χ0n) is 10.8. The summed E-state index contributed by atoms with van der Waals surface area (Å²) in [6.45, 7) is 3.41. The quantitative estimate of drug-likeness (QED) is 0.732. The maximum atomic E-state index is 11.5. The molecule has 0 aromatic rings. The fourth-order valence-electron chi connectivity index (χ4n) is 2.16. The normalized spacial score (nSPS) is 18.8. The van der Waals surface area contributed by atoms with E-state index in [1.165, 1.54) is 19.3 Å². The number of carbonyl (C=O) groups excluding carboxylic acids is 1. The summed E-state index contributed by atoms with van der Waals surface area (Å²) in [7, 11) is 1.72. The van der Waals surface area contributed by atoms with Crippen LogP contribution in [0.4, 0.5) is 0 Å². The van der Waals surface area contributed by atoms with Crippen LogP contribution in [-0.4, -0.2) is 32.2 Å². The average molecular weight is 265 g/mol. The number of halogens is 1. The summed E-state index contributed by atoms with van der Waals surface area (Å²) in [6, 6.07) is -0.0590. The maximum absolute atomic E-state index is 11.5. The highest BCUT2D eigenvalue weighted by molar-refractivity contribution is 5.85. The second kappa shape index (κ2) is 7.90. The third-order valence-electron chi connectivity index (χ3n) is 3.42. The summed E-state index contributed by atoms with van der Waals surface area (Å²) in [6.07, 6.45) is 5.14. The van der Waals surface area contributed by atoms with Crippen molar-refractivity contribution in [3.05, 3.63) is 0 Å². The van der Waals surface area contributed by atoms with Crippen molar-refractivity contribution in [2.75, 3.05) is 20.3 Å². The van der Waals surface area contributed by atoms with Crippen molar-refractivity contribution in [2.24, 2.45) is 11.1 Å². The summed E-state index contributed by atoms with van der Waals surface area (Å²) >= 11 is 0. The first-order valence-corrected chi connectivity index (χ1v) is 6.09. The van der Waals surface area contributed by atoms with Crippen LogP contribution in [0.25, 0.3) is 0 Å². The first kappa shape index (κ1) is 16.7. The van der Waals surface area contributed by atoms with E-state index in [4.69, 9.17) is 10.5 Å². The van der Waals surface area contributed by atoms with Gasteiger partial charge in [0.15, 0.2) is 0 Å². The van der Waals surface area contributed by atoms with Crippen LogP contribution >= 0.6 is 12.4 Å². The summed E-state index contributed by atoms with van der Waals surface area (Å²) in [5.74, 6) is 0.0682. The molecule has 1 unspecified atom stereocenters. The van der Waals surface area contributed by atoms with Gasteiger partial charge >= 0.3 is 0 Å². The van der Waals surface area contributed by atoms with Gasteiger partial charge < -0.3 is 15.8 Å². The topological polar surface area (TPSA) is 64.3 Å². The van der Waals surface area contributed by atoms with Crippen LogP contribution in [0.15, 0.2) is 0 Å². The number of hydrogen-bond acceptors (Lipinski definition) is 3. The molecular formula is C12H25ClN2O2. The Balaban J connectivity index is 0.00000256. The molecular weight excluding hydrogens is 240 g/mol. The average Bonchev–Trinajstić information content (AvgIpc) is 2.14. The molecule has 1 fully saturated rings. The molecule has 0 heterocycles. The Labute approximate surface area is 110 Å². The molecule has 0 aromatic carbocycles. The third kappa shape index (κ3) is 5.70. The molecule has 4 nitrogen and oxygen atoms in total. The van der Waals surface area contributed by atoms with Gasteiger partial charge in [-0.1, -0.05) is 6.42 Å². The van der Waals surface area contributed by atoms with Gasteiger partial charge in [0.05, 0.1) is 0 Å². The molecule has 1 aliphatic rings. The Hall–Kier alpha value is -0.320. The van der Waals surface area contributed by atoms with Crippen molar-refractivity contribution in [1.29, 1.82) is 0 Å².